The van der Waals surface area contributed by atoms with E-state index in [4.69, 9.17) is 5.26 Å². The van der Waals surface area contributed by atoms with Gasteiger partial charge in [-0.1, -0.05) is 30.3 Å². The number of benzene rings is 1. The van der Waals surface area contributed by atoms with Crippen molar-refractivity contribution in [3.8, 4) is 6.07 Å². The molecule has 0 bridgehead atoms. The Morgan fingerprint density at radius 3 is 2.62 bits per heavy atom. The molecule has 0 saturated heterocycles. The second-order valence-corrected chi connectivity index (χ2v) is 8.51. The topological polar surface area (TPSA) is 128 Å². The summed E-state index contributed by atoms with van der Waals surface area (Å²) in [6, 6.07) is 9.78. The Bertz CT molecular complexity index is 789. The van der Waals surface area contributed by atoms with E-state index in [-0.39, 0.29) is 24.9 Å². The summed E-state index contributed by atoms with van der Waals surface area (Å²) in [5.74, 6) is -0.915. The van der Waals surface area contributed by atoms with Gasteiger partial charge in [-0.25, -0.2) is 13.2 Å². The van der Waals surface area contributed by atoms with Crippen molar-refractivity contribution in [2.45, 2.75) is 30.8 Å². The van der Waals surface area contributed by atoms with Crippen molar-refractivity contribution in [2.24, 2.45) is 0 Å². The molecule has 3 atom stereocenters. The van der Waals surface area contributed by atoms with Gasteiger partial charge in [0.1, 0.15) is 15.9 Å². The SMILES string of the molecule is CS(=O)(=O)CC(NC(=O)NC1CC1c1ccccc1)C(=O)NCCC#N. The lowest BCUT2D eigenvalue weighted by atomic mass is 10.1. The third-order valence-electron chi connectivity index (χ3n) is 3.96. The third-order valence-corrected chi connectivity index (χ3v) is 4.90. The molecule has 1 aliphatic carbocycles. The maximum absolute atomic E-state index is 12.2. The fourth-order valence-electron chi connectivity index (χ4n) is 2.64. The Labute approximate surface area is 152 Å². The van der Waals surface area contributed by atoms with Gasteiger partial charge in [0.2, 0.25) is 5.91 Å². The third kappa shape index (κ3) is 6.37. The van der Waals surface area contributed by atoms with E-state index in [2.05, 4.69) is 16.0 Å². The predicted octanol–water partition coefficient (Wildman–Crippen LogP) is 0.285. The highest BCUT2D eigenvalue weighted by Crippen LogP contribution is 2.40. The van der Waals surface area contributed by atoms with E-state index in [0.29, 0.717) is 0 Å². The molecule has 3 amide bonds. The van der Waals surface area contributed by atoms with Crippen molar-refractivity contribution in [3.05, 3.63) is 35.9 Å². The average Bonchev–Trinajstić information content (AvgIpc) is 3.33. The van der Waals surface area contributed by atoms with Crippen LogP contribution in [0, 0.1) is 11.3 Å². The zero-order chi connectivity index (χ0) is 19.2. The summed E-state index contributed by atoms with van der Waals surface area (Å²) in [6.45, 7) is 0.0948. The van der Waals surface area contributed by atoms with Gasteiger partial charge >= 0.3 is 6.03 Å². The van der Waals surface area contributed by atoms with Crippen LogP contribution in [0.2, 0.25) is 0 Å². The van der Waals surface area contributed by atoms with Crippen LogP contribution >= 0.6 is 0 Å². The Hall–Kier alpha value is -2.60. The van der Waals surface area contributed by atoms with Crippen LogP contribution in [0.25, 0.3) is 0 Å². The van der Waals surface area contributed by atoms with Crippen LogP contribution in [0.15, 0.2) is 30.3 Å². The predicted molar refractivity (Wildman–Crippen MR) is 96.0 cm³/mol. The zero-order valence-corrected chi connectivity index (χ0v) is 15.3. The number of sulfone groups is 1. The zero-order valence-electron chi connectivity index (χ0n) is 14.4. The first-order valence-corrected chi connectivity index (χ1v) is 10.3. The number of nitrogens with zero attached hydrogens (tertiary/aromatic N) is 1. The number of hydrogen-bond donors (Lipinski definition) is 3. The maximum atomic E-state index is 12.2. The van der Waals surface area contributed by atoms with Gasteiger partial charge in [0.05, 0.1) is 18.2 Å². The fraction of sp³-hybridized carbons (Fsp3) is 0.471. The van der Waals surface area contributed by atoms with Crippen LogP contribution < -0.4 is 16.0 Å². The minimum Gasteiger partial charge on any atom is -0.353 e. The van der Waals surface area contributed by atoms with Crippen molar-refractivity contribution in [3.63, 3.8) is 0 Å². The van der Waals surface area contributed by atoms with Crippen molar-refractivity contribution in [2.75, 3.05) is 18.6 Å². The van der Waals surface area contributed by atoms with E-state index >= 15 is 0 Å². The minimum absolute atomic E-state index is 0.0436. The van der Waals surface area contributed by atoms with E-state index in [9.17, 15) is 18.0 Å². The summed E-state index contributed by atoms with van der Waals surface area (Å²) in [6.07, 6.45) is 1.89. The molecule has 140 valence electrons. The highest BCUT2D eigenvalue weighted by Gasteiger charge is 2.39. The smallest absolute Gasteiger partial charge is 0.315 e. The summed E-state index contributed by atoms with van der Waals surface area (Å²) >= 11 is 0. The molecule has 1 aromatic rings. The summed E-state index contributed by atoms with van der Waals surface area (Å²) in [5.41, 5.74) is 1.12. The molecule has 2 rings (SSSR count). The second-order valence-electron chi connectivity index (χ2n) is 6.32. The molecule has 1 aliphatic rings. The number of urea groups is 1. The molecule has 8 nitrogen and oxygen atoms in total. The van der Waals surface area contributed by atoms with E-state index in [1.165, 1.54) is 0 Å². The fourth-order valence-corrected chi connectivity index (χ4v) is 3.48. The van der Waals surface area contributed by atoms with Gasteiger partial charge in [-0.15, -0.1) is 0 Å². The molecule has 0 heterocycles. The monoisotopic (exact) mass is 378 g/mol. The van der Waals surface area contributed by atoms with Gasteiger partial charge in [0.15, 0.2) is 0 Å². The van der Waals surface area contributed by atoms with Gasteiger partial charge in [-0.3, -0.25) is 4.79 Å². The molecule has 1 aromatic carbocycles. The molecular weight excluding hydrogens is 356 g/mol. The first-order valence-electron chi connectivity index (χ1n) is 8.24. The van der Waals surface area contributed by atoms with Gasteiger partial charge < -0.3 is 16.0 Å². The van der Waals surface area contributed by atoms with Crippen LogP contribution in [-0.4, -0.2) is 51.0 Å². The molecule has 0 spiro atoms. The highest BCUT2D eigenvalue weighted by molar-refractivity contribution is 7.90. The Morgan fingerprint density at radius 2 is 2.00 bits per heavy atom. The van der Waals surface area contributed by atoms with E-state index in [1.807, 2.05) is 36.4 Å². The average molecular weight is 378 g/mol. The second kappa shape index (κ2) is 8.67. The normalized spacial score (nSPS) is 19.7. The molecule has 1 fully saturated rings. The highest BCUT2D eigenvalue weighted by atomic mass is 32.2. The van der Waals surface area contributed by atoms with Crippen LogP contribution in [0.4, 0.5) is 4.79 Å². The number of hydrogen-bond acceptors (Lipinski definition) is 5. The number of carbonyl (C=O) groups excluding carboxylic acids is 2. The van der Waals surface area contributed by atoms with Crippen LogP contribution in [0.1, 0.15) is 24.3 Å². The molecule has 0 radical (unpaired) electrons. The Kier molecular flexibility index (Phi) is 6.58. The van der Waals surface area contributed by atoms with Crippen molar-refractivity contribution in [1.29, 1.82) is 5.26 Å². The van der Waals surface area contributed by atoms with Crippen molar-refractivity contribution >= 4 is 21.8 Å². The molecule has 0 aliphatic heterocycles. The molecule has 3 unspecified atom stereocenters. The molecule has 0 aromatic heterocycles. The first-order chi connectivity index (χ1) is 12.3. The maximum Gasteiger partial charge on any atom is 0.315 e. The molecule has 3 N–H and O–H groups in total. The van der Waals surface area contributed by atoms with Gasteiger partial charge in [-0.05, 0) is 12.0 Å². The summed E-state index contributed by atoms with van der Waals surface area (Å²) in [7, 11) is -3.48. The van der Waals surface area contributed by atoms with E-state index < -0.39 is 33.6 Å². The number of rotatable bonds is 8. The number of carbonyl (C=O) groups is 2. The summed E-state index contributed by atoms with van der Waals surface area (Å²) in [4.78, 5) is 24.2. The lowest BCUT2D eigenvalue weighted by Crippen LogP contribution is -2.53. The summed E-state index contributed by atoms with van der Waals surface area (Å²) in [5, 5.41) is 16.1. The molecule has 9 heteroatoms. The lowest BCUT2D eigenvalue weighted by Gasteiger charge is -2.18. The first kappa shape index (κ1) is 19.7. The van der Waals surface area contributed by atoms with E-state index in [1.54, 1.807) is 0 Å². The Balaban J connectivity index is 1.89. The standard InChI is InChI=1S/C17H22N4O4S/c1-26(24,25)11-15(16(22)19-9-5-8-18)21-17(23)20-14-10-13(14)12-6-3-2-4-7-12/h2-4,6-7,13-15H,5,9-11H2,1H3,(H,19,22)(H2,20,21,23). The molecular formula is C17H22N4O4S. The van der Waals surface area contributed by atoms with Gasteiger partial charge in [-0.2, -0.15) is 5.26 Å². The van der Waals surface area contributed by atoms with Gasteiger partial charge in [0.25, 0.3) is 0 Å². The number of nitrogens with one attached hydrogen (secondary N) is 3. The van der Waals surface area contributed by atoms with Crippen LogP contribution in [0.3, 0.4) is 0 Å². The quantitative estimate of drug-likeness (QED) is 0.560. The van der Waals surface area contributed by atoms with Crippen molar-refractivity contribution < 1.29 is 18.0 Å². The number of amides is 3. The van der Waals surface area contributed by atoms with Gasteiger partial charge in [0, 0.05) is 24.8 Å². The van der Waals surface area contributed by atoms with Crippen molar-refractivity contribution in [1.82, 2.24) is 16.0 Å². The number of nitriles is 1. The largest absolute Gasteiger partial charge is 0.353 e. The Morgan fingerprint density at radius 1 is 1.31 bits per heavy atom. The minimum atomic E-state index is -3.48. The lowest BCUT2D eigenvalue weighted by molar-refractivity contribution is -0.122. The summed E-state index contributed by atoms with van der Waals surface area (Å²) < 4.78 is 23.1. The molecule has 1 saturated carbocycles. The van der Waals surface area contributed by atoms with Crippen LogP contribution in [-0.2, 0) is 14.6 Å². The van der Waals surface area contributed by atoms with E-state index in [0.717, 1.165) is 18.2 Å². The van der Waals surface area contributed by atoms with Crippen LogP contribution in [0.5, 0.6) is 0 Å². The molecule has 26 heavy (non-hydrogen) atoms.